The number of thiocarbonyl (C=S) groups is 1. The Labute approximate surface area is 185 Å². The van der Waals surface area contributed by atoms with Gasteiger partial charge in [0, 0.05) is 32.4 Å². The molecule has 31 heavy (non-hydrogen) atoms. The van der Waals surface area contributed by atoms with E-state index >= 15 is 0 Å². The molecule has 3 aromatic rings. The maximum absolute atomic E-state index is 12.9. The quantitative estimate of drug-likeness (QED) is 0.382. The second-order valence-corrected chi connectivity index (χ2v) is 7.72. The van der Waals surface area contributed by atoms with Crippen molar-refractivity contribution < 1.29 is 13.2 Å². The molecular weight excluding hydrogens is 421 g/mol. The fraction of sp³-hybridized carbons (Fsp3) is 0.304. The number of benzene rings is 2. The van der Waals surface area contributed by atoms with Crippen molar-refractivity contribution in [1.29, 1.82) is 0 Å². The largest absolute Gasteiger partial charge is 0.435 e. The van der Waals surface area contributed by atoms with Crippen LogP contribution < -0.4 is 5.32 Å². The van der Waals surface area contributed by atoms with Gasteiger partial charge in [-0.3, -0.25) is 4.68 Å². The van der Waals surface area contributed by atoms with Crippen LogP contribution in [0.25, 0.3) is 0 Å². The molecule has 0 spiro atoms. The van der Waals surface area contributed by atoms with Gasteiger partial charge in [0.1, 0.15) is 0 Å². The van der Waals surface area contributed by atoms with Crippen molar-refractivity contribution in [2.24, 2.45) is 0 Å². The lowest BCUT2D eigenvalue weighted by molar-refractivity contribution is -0.141. The van der Waals surface area contributed by atoms with Gasteiger partial charge in [-0.25, -0.2) is 0 Å². The first kappa shape index (κ1) is 22.8. The summed E-state index contributed by atoms with van der Waals surface area (Å²) >= 11 is 5.62. The van der Waals surface area contributed by atoms with Crippen LogP contribution in [0, 0.1) is 6.92 Å². The maximum atomic E-state index is 12.9. The minimum absolute atomic E-state index is 0.132. The lowest BCUT2D eigenvalue weighted by Crippen LogP contribution is -2.39. The molecule has 0 aliphatic heterocycles. The minimum atomic E-state index is -4.43. The summed E-state index contributed by atoms with van der Waals surface area (Å²) in [5, 5.41) is 7.52. The Hall–Kier alpha value is -2.87. The summed E-state index contributed by atoms with van der Waals surface area (Å²) < 4.78 is 40.0. The number of aromatic nitrogens is 2. The molecule has 0 aliphatic carbocycles. The van der Waals surface area contributed by atoms with Crippen LogP contribution in [0.15, 0.2) is 66.9 Å². The number of hydrogen-bond acceptors (Lipinski definition) is 2. The van der Waals surface area contributed by atoms with Gasteiger partial charge in [-0.05, 0) is 42.3 Å². The molecule has 1 aromatic heterocycles. The van der Waals surface area contributed by atoms with Crippen LogP contribution in [0.4, 0.5) is 13.2 Å². The van der Waals surface area contributed by atoms with Crippen LogP contribution in [0.1, 0.15) is 28.8 Å². The molecular formula is C23H25F3N4S. The van der Waals surface area contributed by atoms with Crippen LogP contribution in [0.5, 0.6) is 0 Å². The molecule has 0 radical (unpaired) electrons. The molecule has 4 nitrogen and oxygen atoms in total. The van der Waals surface area contributed by atoms with Gasteiger partial charge in [-0.1, -0.05) is 60.7 Å². The zero-order chi connectivity index (χ0) is 22.3. The monoisotopic (exact) mass is 446 g/mol. The van der Waals surface area contributed by atoms with E-state index in [2.05, 4.69) is 39.6 Å². The topological polar surface area (TPSA) is 33.1 Å². The first-order valence-electron chi connectivity index (χ1n) is 10.0. The van der Waals surface area contributed by atoms with Gasteiger partial charge in [-0.15, -0.1) is 0 Å². The number of aryl methyl sites for hydroxylation is 2. The Morgan fingerprint density at radius 2 is 1.55 bits per heavy atom. The molecule has 0 amide bonds. The van der Waals surface area contributed by atoms with E-state index in [0.29, 0.717) is 37.7 Å². The molecule has 0 bridgehead atoms. The van der Waals surface area contributed by atoms with Gasteiger partial charge in [0.25, 0.3) is 0 Å². The van der Waals surface area contributed by atoms with E-state index in [9.17, 15) is 13.2 Å². The van der Waals surface area contributed by atoms with Gasteiger partial charge >= 0.3 is 6.18 Å². The lowest BCUT2D eigenvalue weighted by Gasteiger charge is -2.26. The third-order valence-electron chi connectivity index (χ3n) is 4.77. The smallest absolute Gasteiger partial charge is 0.362 e. The summed E-state index contributed by atoms with van der Waals surface area (Å²) in [6.45, 7) is 3.66. The summed E-state index contributed by atoms with van der Waals surface area (Å²) in [6.07, 6.45) is -2.40. The SMILES string of the molecule is Cc1cn(CCCNC(=S)N(Cc2ccccc2)Cc2ccccc2)nc1C(F)(F)F. The summed E-state index contributed by atoms with van der Waals surface area (Å²) in [5.41, 5.74) is 1.60. The molecule has 1 N–H and O–H groups in total. The Kier molecular flexibility index (Phi) is 7.68. The molecule has 0 saturated carbocycles. The average Bonchev–Trinajstić information content (AvgIpc) is 3.13. The number of hydrogen-bond donors (Lipinski definition) is 1. The molecule has 0 aliphatic rings. The Morgan fingerprint density at radius 1 is 1.00 bits per heavy atom. The molecule has 0 atom stereocenters. The van der Waals surface area contributed by atoms with E-state index in [4.69, 9.17) is 12.2 Å². The molecule has 164 valence electrons. The van der Waals surface area contributed by atoms with E-state index in [1.165, 1.54) is 17.8 Å². The third-order valence-corrected chi connectivity index (χ3v) is 5.18. The lowest BCUT2D eigenvalue weighted by atomic mass is 10.2. The van der Waals surface area contributed by atoms with Crippen molar-refractivity contribution in [3.8, 4) is 0 Å². The first-order chi connectivity index (χ1) is 14.8. The predicted octanol–water partition coefficient (Wildman–Crippen LogP) is 5.18. The van der Waals surface area contributed by atoms with Crippen molar-refractivity contribution in [2.75, 3.05) is 6.54 Å². The maximum Gasteiger partial charge on any atom is 0.435 e. The Morgan fingerprint density at radius 3 is 2.03 bits per heavy atom. The van der Waals surface area contributed by atoms with Gasteiger partial charge in [0.15, 0.2) is 10.8 Å². The average molecular weight is 447 g/mol. The second-order valence-electron chi connectivity index (χ2n) is 7.33. The van der Waals surface area contributed by atoms with Crippen LogP contribution in [0.2, 0.25) is 0 Å². The number of rotatable bonds is 8. The number of alkyl halides is 3. The van der Waals surface area contributed by atoms with Crippen molar-refractivity contribution in [3.05, 3.63) is 89.2 Å². The number of nitrogens with zero attached hydrogens (tertiary/aromatic N) is 3. The first-order valence-corrected chi connectivity index (χ1v) is 10.5. The highest BCUT2D eigenvalue weighted by Gasteiger charge is 2.35. The zero-order valence-corrected chi connectivity index (χ0v) is 18.1. The standard InChI is InChI=1S/C23H25F3N4S/c1-18-15-30(28-21(18)23(24,25)26)14-8-13-27-22(31)29(16-19-9-4-2-5-10-19)17-20-11-6-3-7-12-20/h2-7,9-12,15H,8,13-14,16-17H2,1H3,(H,27,31). The van der Waals surface area contributed by atoms with Gasteiger partial charge < -0.3 is 10.2 Å². The van der Waals surface area contributed by atoms with Gasteiger partial charge in [0.05, 0.1) is 0 Å². The summed E-state index contributed by atoms with van der Waals surface area (Å²) in [7, 11) is 0. The van der Waals surface area contributed by atoms with Gasteiger partial charge in [-0.2, -0.15) is 18.3 Å². The highest BCUT2D eigenvalue weighted by atomic mass is 32.1. The minimum Gasteiger partial charge on any atom is -0.362 e. The predicted molar refractivity (Wildman–Crippen MR) is 119 cm³/mol. The molecule has 0 fully saturated rings. The van der Waals surface area contributed by atoms with Crippen LogP contribution >= 0.6 is 12.2 Å². The van der Waals surface area contributed by atoms with Crippen molar-refractivity contribution >= 4 is 17.3 Å². The Balaban J connectivity index is 1.56. The fourth-order valence-corrected chi connectivity index (χ4v) is 3.50. The highest BCUT2D eigenvalue weighted by molar-refractivity contribution is 7.80. The summed E-state index contributed by atoms with van der Waals surface area (Å²) in [5.74, 6) is 0. The Bertz CT molecular complexity index is 930. The van der Waals surface area contributed by atoms with E-state index < -0.39 is 11.9 Å². The second kappa shape index (κ2) is 10.4. The van der Waals surface area contributed by atoms with Crippen molar-refractivity contribution in [1.82, 2.24) is 20.0 Å². The van der Waals surface area contributed by atoms with E-state index in [1.54, 1.807) is 0 Å². The van der Waals surface area contributed by atoms with Crippen LogP contribution in [-0.4, -0.2) is 26.3 Å². The van der Waals surface area contributed by atoms with E-state index in [1.807, 2.05) is 36.4 Å². The summed E-state index contributed by atoms with van der Waals surface area (Å²) in [6, 6.07) is 20.1. The zero-order valence-electron chi connectivity index (χ0n) is 17.3. The molecule has 0 unspecified atom stereocenters. The number of halogens is 3. The van der Waals surface area contributed by atoms with E-state index in [-0.39, 0.29) is 5.56 Å². The van der Waals surface area contributed by atoms with Gasteiger partial charge in [0.2, 0.25) is 0 Å². The highest BCUT2D eigenvalue weighted by Crippen LogP contribution is 2.30. The molecule has 8 heteroatoms. The normalized spacial score (nSPS) is 11.4. The van der Waals surface area contributed by atoms with E-state index in [0.717, 1.165) is 11.1 Å². The molecule has 3 rings (SSSR count). The fourth-order valence-electron chi connectivity index (χ4n) is 3.27. The van der Waals surface area contributed by atoms with Crippen LogP contribution in [0.3, 0.4) is 0 Å². The summed E-state index contributed by atoms with van der Waals surface area (Å²) in [4.78, 5) is 2.08. The molecule has 0 saturated heterocycles. The molecule has 2 aromatic carbocycles. The van der Waals surface area contributed by atoms with Crippen molar-refractivity contribution in [2.45, 2.75) is 39.2 Å². The number of nitrogens with one attached hydrogen (secondary N) is 1. The van der Waals surface area contributed by atoms with Crippen LogP contribution in [-0.2, 0) is 25.8 Å². The van der Waals surface area contributed by atoms with Crippen molar-refractivity contribution in [3.63, 3.8) is 0 Å². The molecule has 1 heterocycles. The third kappa shape index (κ3) is 6.82.